The maximum Gasteiger partial charge on any atom is 0.0388 e. The van der Waals surface area contributed by atoms with Gasteiger partial charge in [-0.2, -0.15) is 0 Å². The minimum Gasteiger partial charge on any atom is -0.307 e. The van der Waals surface area contributed by atoms with Crippen molar-refractivity contribution in [2.45, 2.75) is 65.0 Å². The molecule has 0 saturated heterocycles. The fourth-order valence-electron chi connectivity index (χ4n) is 2.69. The molecule has 1 nitrogen and oxygen atoms in total. The number of hydrogen-bond donors (Lipinski definition) is 1. The van der Waals surface area contributed by atoms with E-state index in [2.05, 4.69) is 56.4 Å². The van der Waals surface area contributed by atoms with Crippen LogP contribution in [0.1, 0.15) is 63.8 Å². The van der Waals surface area contributed by atoms with Crippen molar-refractivity contribution in [3.63, 3.8) is 0 Å². The van der Waals surface area contributed by atoms with E-state index in [1.54, 1.807) is 0 Å². The summed E-state index contributed by atoms with van der Waals surface area (Å²) in [6.45, 7) is 6.87. The normalized spacial score (nSPS) is 14.6. The van der Waals surface area contributed by atoms with Gasteiger partial charge in [-0.15, -0.1) is 11.3 Å². The first-order valence-electron chi connectivity index (χ1n) is 7.95. The molecule has 2 rings (SSSR count). The van der Waals surface area contributed by atoms with Gasteiger partial charge in [-0.25, -0.2) is 0 Å². The Balaban J connectivity index is 1.85. The lowest BCUT2D eigenvalue weighted by atomic mass is 10.1. The molecule has 20 heavy (non-hydrogen) atoms. The predicted octanol–water partition coefficient (Wildman–Crippen LogP) is 5.91. The number of thiophene rings is 1. The van der Waals surface area contributed by atoms with Gasteiger partial charge in [0.25, 0.3) is 0 Å². The number of nitrogens with one attached hydrogen (secondary N) is 1. The summed E-state index contributed by atoms with van der Waals surface area (Å²) >= 11 is 1.92. The molecule has 0 spiro atoms. The minimum absolute atomic E-state index is 0.452. The van der Waals surface area contributed by atoms with E-state index in [0.717, 1.165) is 0 Å². The highest BCUT2D eigenvalue weighted by molar-refractivity contribution is 7.19. The van der Waals surface area contributed by atoms with Gasteiger partial charge in [-0.3, -0.25) is 0 Å². The summed E-state index contributed by atoms with van der Waals surface area (Å²) in [6, 6.07) is 12.0. The van der Waals surface area contributed by atoms with Crippen molar-refractivity contribution in [2.75, 3.05) is 0 Å². The fourth-order valence-corrected chi connectivity index (χ4v) is 3.76. The lowest BCUT2D eigenvalue weighted by molar-refractivity contribution is 0.441. The number of benzene rings is 1. The van der Waals surface area contributed by atoms with E-state index in [0.29, 0.717) is 12.1 Å². The van der Waals surface area contributed by atoms with E-state index in [1.165, 1.54) is 47.1 Å². The molecule has 110 valence electrons. The van der Waals surface area contributed by atoms with Crippen molar-refractivity contribution in [3.05, 3.63) is 35.2 Å². The highest BCUT2D eigenvalue weighted by Gasteiger charge is 2.12. The van der Waals surface area contributed by atoms with Crippen molar-refractivity contribution in [2.24, 2.45) is 0 Å². The van der Waals surface area contributed by atoms with Crippen LogP contribution in [0.5, 0.6) is 0 Å². The molecule has 0 bridgehead atoms. The molecule has 1 aromatic carbocycles. The Morgan fingerprint density at radius 3 is 2.65 bits per heavy atom. The van der Waals surface area contributed by atoms with Gasteiger partial charge in [-0.05, 0) is 37.8 Å². The molecule has 0 aliphatic carbocycles. The third-order valence-electron chi connectivity index (χ3n) is 3.90. The smallest absolute Gasteiger partial charge is 0.0388 e. The second-order valence-electron chi connectivity index (χ2n) is 5.83. The molecular formula is C18H27NS. The lowest BCUT2D eigenvalue weighted by Crippen LogP contribution is -2.28. The molecule has 2 heteroatoms. The zero-order valence-electron chi connectivity index (χ0n) is 13.0. The van der Waals surface area contributed by atoms with E-state index < -0.39 is 0 Å². The lowest BCUT2D eigenvalue weighted by Gasteiger charge is -2.19. The number of rotatable bonds is 8. The quantitative estimate of drug-likeness (QED) is 0.596. The maximum absolute atomic E-state index is 3.74. The molecule has 1 aromatic heterocycles. The zero-order chi connectivity index (χ0) is 14.4. The van der Waals surface area contributed by atoms with Gasteiger partial charge in [0.15, 0.2) is 0 Å². The van der Waals surface area contributed by atoms with Crippen LogP contribution in [-0.4, -0.2) is 6.04 Å². The van der Waals surface area contributed by atoms with Gasteiger partial charge in [0.05, 0.1) is 0 Å². The maximum atomic E-state index is 3.74. The van der Waals surface area contributed by atoms with Crippen molar-refractivity contribution >= 4 is 21.4 Å². The second-order valence-corrected chi connectivity index (χ2v) is 6.94. The SMILES string of the molecule is CCCCCCC(C)NC(C)c1cc2ccccc2s1. The van der Waals surface area contributed by atoms with Crippen molar-refractivity contribution in [3.8, 4) is 0 Å². The average molecular weight is 289 g/mol. The van der Waals surface area contributed by atoms with Gasteiger partial charge in [0, 0.05) is 21.7 Å². The summed E-state index contributed by atoms with van der Waals surface area (Å²) in [5.41, 5.74) is 0. The molecule has 2 unspecified atom stereocenters. The van der Waals surface area contributed by atoms with Gasteiger partial charge < -0.3 is 5.32 Å². The molecule has 0 aliphatic heterocycles. The van der Waals surface area contributed by atoms with Crippen LogP contribution in [0.2, 0.25) is 0 Å². The Morgan fingerprint density at radius 2 is 1.90 bits per heavy atom. The summed E-state index contributed by atoms with van der Waals surface area (Å²) in [5, 5.41) is 5.12. The second kappa shape index (κ2) is 7.80. The minimum atomic E-state index is 0.452. The summed E-state index contributed by atoms with van der Waals surface area (Å²) < 4.78 is 1.40. The topological polar surface area (TPSA) is 12.0 Å². The Morgan fingerprint density at radius 1 is 1.10 bits per heavy atom. The molecule has 0 saturated carbocycles. The summed E-state index contributed by atoms with van der Waals surface area (Å²) in [6.07, 6.45) is 6.70. The van der Waals surface area contributed by atoms with Crippen LogP contribution in [0.15, 0.2) is 30.3 Å². The van der Waals surface area contributed by atoms with Crippen LogP contribution in [-0.2, 0) is 0 Å². The van der Waals surface area contributed by atoms with Crippen LogP contribution >= 0.6 is 11.3 Å². The third-order valence-corrected chi connectivity index (χ3v) is 5.20. The van der Waals surface area contributed by atoms with Gasteiger partial charge in [-0.1, -0.05) is 50.8 Å². The monoisotopic (exact) mass is 289 g/mol. The van der Waals surface area contributed by atoms with Gasteiger partial charge in [0.1, 0.15) is 0 Å². The van der Waals surface area contributed by atoms with Crippen molar-refractivity contribution < 1.29 is 0 Å². The predicted molar refractivity (Wildman–Crippen MR) is 91.6 cm³/mol. The van der Waals surface area contributed by atoms with Crippen molar-refractivity contribution in [1.29, 1.82) is 0 Å². The molecule has 0 fully saturated rings. The first-order chi connectivity index (χ1) is 9.70. The van der Waals surface area contributed by atoms with Gasteiger partial charge >= 0.3 is 0 Å². The Bertz CT molecular complexity index is 484. The zero-order valence-corrected chi connectivity index (χ0v) is 13.8. The Labute approximate surface area is 127 Å². The molecular weight excluding hydrogens is 262 g/mol. The van der Waals surface area contributed by atoms with Crippen LogP contribution < -0.4 is 5.32 Å². The number of unbranched alkanes of at least 4 members (excludes halogenated alkanes) is 3. The first-order valence-corrected chi connectivity index (χ1v) is 8.77. The Kier molecular flexibility index (Phi) is 6.06. The van der Waals surface area contributed by atoms with E-state index in [9.17, 15) is 0 Å². The van der Waals surface area contributed by atoms with Crippen LogP contribution in [0.25, 0.3) is 10.1 Å². The first kappa shape index (κ1) is 15.5. The highest BCUT2D eigenvalue weighted by atomic mass is 32.1. The van der Waals surface area contributed by atoms with Crippen LogP contribution in [0.4, 0.5) is 0 Å². The van der Waals surface area contributed by atoms with E-state index in [-0.39, 0.29) is 0 Å². The van der Waals surface area contributed by atoms with Crippen LogP contribution in [0, 0.1) is 0 Å². The average Bonchev–Trinajstić information content (AvgIpc) is 2.87. The molecule has 0 aliphatic rings. The van der Waals surface area contributed by atoms with Crippen LogP contribution in [0.3, 0.4) is 0 Å². The molecule has 2 aromatic rings. The Hall–Kier alpha value is -0.860. The molecule has 1 heterocycles. The summed E-state index contributed by atoms with van der Waals surface area (Å²) in [5.74, 6) is 0. The molecule has 0 amide bonds. The largest absolute Gasteiger partial charge is 0.307 e. The van der Waals surface area contributed by atoms with E-state index >= 15 is 0 Å². The third kappa shape index (κ3) is 4.32. The summed E-state index contributed by atoms with van der Waals surface area (Å²) in [7, 11) is 0. The summed E-state index contributed by atoms with van der Waals surface area (Å²) in [4.78, 5) is 1.45. The van der Waals surface area contributed by atoms with E-state index in [1.807, 2.05) is 11.3 Å². The van der Waals surface area contributed by atoms with E-state index in [4.69, 9.17) is 0 Å². The number of hydrogen-bond acceptors (Lipinski definition) is 2. The molecule has 2 atom stereocenters. The number of fused-ring (bicyclic) bond motifs is 1. The fraction of sp³-hybridized carbons (Fsp3) is 0.556. The van der Waals surface area contributed by atoms with Crippen molar-refractivity contribution in [1.82, 2.24) is 5.32 Å². The molecule has 0 radical (unpaired) electrons. The molecule has 1 N–H and O–H groups in total. The highest BCUT2D eigenvalue weighted by Crippen LogP contribution is 2.29. The standard InChI is InChI=1S/C18H27NS/c1-4-5-6-7-10-14(2)19-15(3)18-13-16-11-8-9-12-17(16)20-18/h8-9,11-15,19H,4-7,10H2,1-3H3. The van der Waals surface area contributed by atoms with Gasteiger partial charge in [0.2, 0.25) is 0 Å².